The lowest BCUT2D eigenvalue weighted by Crippen LogP contribution is -2.17. The van der Waals surface area contributed by atoms with Crippen molar-refractivity contribution in [3.63, 3.8) is 0 Å². The Hall–Kier alpha value is -3.80. The van der Waals surface area contributed by atoms with Crippen molar-refractivity contribution in [2.75, 3.05) is 19.8 Å². The number of ketones is 1. The molecular formula is C23H18O6. The second-order valence-corrected chi connectivity index (χ2v) is 6.27. The first-order valence-corrected chi connectivity index (χ1v) is 9.12. The van der Waals surface area contributed by atoms with Gasteiger partial charge in [0.15, 0.2) is 23.9 Å². The third-order valence-electron chi connectivity index (χ3n) is 4.28. The van der Waals surface area contributed by atoms with E-state index in [1.807, 2.05) is 18.2 Å². The number of esters is 1. The van der Waals surface area contributed by atoms with Crippen LogP contribution in [0.15, 0.2) is 72.8 Å². The van der Waals surface area contributed by atoms with Gasteiger partial charge in [-0.2, -0.15) is 0 Å². The van der Waals surface area contributed by atoms with Gasteiger partial charge in [0.2, 0.25) is 0 Å². The lowest BCUT2D eigenvalue weighted by atomic mass is 10.1. The predicted octanol–water partition coefficient (Wildman–Crippen LogP) is 4.29. The molecule has 0 atom stereocenters. The minimum atomic E-state index is -0.637. The third-order valence-corrected chi connectivity index (χ3v) is 4.28. The molecule has 0 radical (unpaired) electrons. The molecule has 1 aliphatic heterocycles. The quantitative estimate of drug-likeness (QED) is 0.462. The number of Topliss-reactive ketones (excluding diaryl/α,β-unsaturated/α-hetero) is 1. The monoisotopic (exact) mass is 390 g/mol. The molecule has 1 heterocycles. The summed E-state index contributed by atoms with van der Waals surface area (Å²) in [6, 6.07) is 20.7. The Morgan fingerprint density at radius 1 is 0.828 bits per heavy atom. The smallest absolute Gasteiger partial charge is 0.342 e. The van der Waals surface area contributed by atoms with Crippen molar-refractivity contribution in [3.05, 3.63) is 83.9 Å². The Kier molecular flexibility index (Phi) is 5.42. The second-order valence-electron chi connectivity index (χ2n) is 6.27. The Labute approximate surface area is 167 Å². The summed E-state index contributed by atoms with van der Waals surface area (Å²) in [5, 5.41) is 0. The van der Waals surface area contributed by atoms with Crippen molar-refractivity contribution in [2.45, 2.75) is 0 Å². The summed E-state index contributed by atoms with van der Waals surface area (Å²) in [5.74, 6) is 1.08. The van der Waals surface area contributed by atoms with Crippen LogP contribution in [0.2, 0.25) is 0 Å². The zero-order valence-corrected chi connectivity index (χ0v) is 15.5. The zero-order valence-electron chi connectivity index (χ0n) is 15.5. The van der Waals surface area contributed by atoms with Crippen LogP contribution >= 0.6 is 0 Å². The van der Waals surface area contributed by atoms with Crippen LogP contribution in [-0.2, 0) is 4.74 Å². The molecule has 3 aromatic carbocycles. The number of carbonyl (C=O) groups excluding carboxylic acids is 2. The van der Waals surface area contributed by atoms with Gasteiger partial charge in [-0.1, -0.05) is 30.3 Å². The largest absolute Gasteiger partial charge is 0.486 e. The lowest BCUT2D eigenvalue weighted by molar-refractivity contribution is 0.0472. The van der Waals surface area contributed by atoms with Gasteiger partial charge in [-0.15, -0.1) is 0 Å². The molecule has 0 saturated heterocycles. The van der Waals surface area contributed by atoms with Crippen LogP contribution in [0.25, 0.3) is 0 Å². The number of fused-ring (bicyclic) bond motifs is 1. The summed E-state index contributed by atoms with van der Waals surface area (Å²) in [6.07, 6.45) is 0. The van der Waals surface area contributed by atoms with Crippen molar-refractivity contribution < 1.29 is 28.5 Å². The molecule has 0 unspecified atom stereocenters. The number of hydrogen-bond donors (Lipinski definition) is 0. The van der Waals surface area contributed by atoms with E-state index < -0.39 is 12.6 Å². The van der Waals surface area contributed by atoms with Gasteiger partial charge < -0.3 is 18.9 Å². The fourth-order valence-corrected chi connectivity index (χ4v) is 2.85. The minimum Gasteiger partial charge on any atom is -0.486 e. The molecule has 0 fully saturated rings. The van der Waals surface area contributed by atoms with Gasteiger partial charge in [0, 0.05) is 5.56 Å². The molecule has 6 nitrogen and oxygen atoms in total. The molecule has 6 heteroatoms. The highest BCUT2D eigenvalue weighted by molar-refractivity contribution is 6.00. The molecule has 0 aromatic heterocycles. The number of hydrogen-bond acceptors (Lipinski definition) is 6. The lowest BCUT2D eigenvalue weighted by Gasteiger charge is -2.18. The van der Waals surface area contributed by atoms with Gasteiger partial charge in [-0.05, 0) is 42.5 Å². The molecule has 146 valence electrons. The highest BCUT2D eigenvalue weighted by Gasteiger charge is 2.18. The van der Waals surface area contributed by atoms with E-state index >= 15 is 0 Å². The summed E-state index contributed by atoms with van der Waals surface area (Å²) >= 11 is 0. The van der Waals surface area contributed by atoms with Crippen LogP contribution < -0.4 is 14.2 Å². The highest BCUT2D eigenvalue weighted by Crippen LogP contribution is 2.31. The van der Waals surface area contributed by atoms with Gasteiger partial charge in [0.25, 0.3) is 0 Å². The second kappa shape index (κ2) is 8.48. The van der Waals surface area contributed by atoms with Crippen molar-refractivity contribution >= 4 is 11.8 Å². The van der Waals surface area contributed by atoms with Crippen LogP contribution in [0.4, 0.5) is 0 Å². The van der Waals surface area contributed by atoms with Gasteiger partial charge in [0.1, 0.15) is 30.3 Å². The molecule has 0 spiro atoms. The molecule has 4 rings (SSSR count). The molecule has 0 aliphatic carbocycles. The first kappa shape index (κ1) is 18.6. The summed E-state index contributed by atoms with van der Waals surface area (Å²) in [6.45, 7) is 0.512. The Balaban J connectivity index is 1.43. The van der Waals surface area contributed by atoms with Gasteiger partial charge >= 0.3 is 5.97 Å². The average molecular weight is 390 g/mol. The molecule has 0 bridgehead atoms. The van der Waals surface area contributed by atoms with Gasteiger partial charge in [-0.3, -0.25) is 4.79 Å². The van der Waals surface area contributed by atoms with Gasteiger partial charge in [0.05, 0.1) is 0 Å². The Morgan fingerprint density at radius 2 is 1.55 bits per heavy atom. The summed E-state index contributed by atoms with van der Waals surface area (Å²) in [4.78, 5) is 25.0. The summed E-state index contributed by atoms with van der Waals surface area (Å²) in [5.41, 5.74) is 0.627. The van der Waals surface area contributed by atoms with E-state index in [9.17, 15) is 9.59 Å². The van der Waals surface area contributed by atoms with Crippen molar-refractivity contribution in [2.24, 2.45) is 0 Å². The molecule has 0 amide bonds. The molecule has 29 heavy (non-hydrogen) atoms. The van der Waals surface area contributed by atoms with Crippen LogP contribution in [0.3, 0.4) is 0 Å². The number of benzene rings is 3. The van der Waals surface area contributed by atoms with E-state index in [0.717, 1.165) is 0 Å². The molecular weight excluding hydrogens is 372 g/mol. The van der Waals surface area contributed by atoms with Crippen LogP contribution in [0.5, 0.6) is 23.0 Å². The average Bonchev–Trinajstić information content (AvgIpc) is 2.78. The zero-order chi connectivity index (χ0) is 20.1. The standard InChI is InChI=1S/C23H18O6/c24-19(16-10-11-21-22(14-16)27-13-12-26-21)15-28-23(25)18-8-4-5-9-20(18)29-17-6-2-1-3-7-17/h1-11,14H,12-13,15H2. The van der Waals surface area contributed by atoms with Gasteiger partial charge in [-0.25, -0.2) is 4.79 Å². The van der Waals surface area contributed by atoms with E-state index in [1.165, 1.54) is 0 Å². The topological polar surface area (TPSA) is 71.1 Å². The maximum Gasteiger partial charge on any atom is 0.342 e. The maximum absolute atomic E-state index is 12.5. The Morgan fingerprint density at radius 3 is 2.38 bits per heavy atom. The molecule has 0 saturated carbocycles. The van der Waals surface area contributed by atoms with Crippen molar-refractivity contribution in [1.29, 1.82) is 0 Å². The van der Waals surface area contributed by atoms with Crippen LogP contribution in [0, 0.1) is 0 Å². The SMILES string of the molecule is O=C(COC(=O)c1ccccc1Oc1ccccc1)c1ccc2c(c1)OCCO2. The summed E-state index contributed by atoms with van der Waals surface area (Å²) in [7, 11) is 0. The van der Waals surface area contributed by atoms with E-state index in [-0.39, 0.29) is 11.3 Å². The number of para-hydroxylation sites is 2. The molecule has 3 aromatic rings. The number of carbonyl (C=O) groups is 2. The first-order chi connectivity index (χ1) is 14.2. The fourth-order valence-electron chi connectivity index (χ4n) is 2.85. The molecule has 0 N–H and O–H groups in total. The maximum atomic E-state index is 12.5. The minimum absolute atomic E-state index is 0.242. The number of rotatable bonds is 6. The van der Waals surface area contributed by atoms with Crippen molar-refractivity contribution in [3.8, 4) is 23.0 Å². The van der Waals surface area contributed by atoms with E-state index in [4.69, 9.17) is 18.9 Å². The van der Waals surface area contributed by atoms with Crippen LogP contribution in [0.1, 0.15) is 20.7 Å². The summed E-state index contributed by atoms with van der Waals surface area (Å²) < 4.78 is 21.9. The van der Waals surface area contributed by atoms with E-state index in [1.54, 1.807) is 54.6 Å². The Bertz CT molecular complexity index is 1030. The highest BCUT2D eigenvalue weighted by atomic mass is 16.6. The van der Waals surface area contributed by atoms with E-state index in [0.29, 0.717) is 41.8 Å². The number of ether oxygens (including phenoxy) is 4. The molecule has 1 aliphatic rings. The normalized spacial score (nSPS) is 12.1. The van der Waals surface area contributed by atoms with Crippen molar-refractivity contribution in [1.82, 2.24) is 0 Å². The van der Waals surface area contributed by atoms with Crippen LogP contribution in [-0.4, -0.2) is 31.6 Å². The predicted molar refractivity (Wildman–Crippen MR) is 105 cm³/mol. The fraction of sp³-hybridized carbons (Fsp3) is 0.130. The third kappa shape index (κ3) is 4.38. The van der Waals surface area contributed by atoms with E-state index in [2.05, 4.69) is 0 Å². The first-order valence-electron chi connectivity index (χ1n) is 9.12.